The lowest BCUT2D eigenvalue weighted by Crippen LogP contribution is -2.38. The van der Waals surface area contributed by atoms with Gasteiger partial charge in [0.05, 0.1) is 0 Å². The van der Waals surface area contributed by atoms with Crippen LogP contribution in [-0.4, -0.2) is 28.5 Å². The third-order valence-electron chi connectivity index (χ3n) is 3.26. The number of nitrogens with zero attached hydrogens (tertiary/aromatic N) is 3. The predicted octanol–water partition coefficient (Wildman–Crippen LogP) is 2.26. The minimum absolute atomic E-state index is 0.207. The molecule has 1 aliphatic rings. The topological polar surface area (TPSA) is 55.0 Å². The maximum absolute atomic E-state index is 12.4. The zero-order chi connectivity index (χ0) is 13.3. The van der Waals surface area contributed by atoms with Crippen molar-refractivity contribution in [2.45, 2.75) is 43.9 Å². The summed E-state index contributed by atoms with van der Waals surface area (Å²) in [6.07, 6.45) is -0.887. The highest BCUT2D eigenvalue weighted by Crippen LogP contribution is 2.32. The van der Waals surface area contributed by atoms with Crippen LogP contribution < -0.4 is 10.6 Å². The molecule has 0 spiro atoms. The van der Waals surface area contributed by atoms with Gasteiger partial charge in [-0.1, -0.05) is 0 Å². The fourth-order valence-electron chi connectivity index (χ4n) is 2.12. The van der Waals surface area contributed by atoms with E-state index in [-0.39, 0.29) is 12.1 Å². The van der Waals surface area contributed by atoms with Gasteiger partial charge in [-0.25, -0.2) is 0 Å². The first-order valence-corrected chi connectivity index (χ1v) is 6.54. The molecular formula is C10H15F3N4S. The van der Waals surface area contributed by atoms with E-state index >= 15 is 0 Å². The average Bonchev–Trinajstić information content (AvgIpc) is 2.78. The van der Waals surface area contributed by atoms with Gasteiger partial charge < -0.3 is 10.6 Å². The van der Waals surface area contributed by atoms with Gasteiger partial charge in [-0.15, -0.1) is 0 Å². The maximum atomic E-state index is 12.4. The Kier molecular flexibility index (Phi) is 3.76. The minimum Gasteiger partial charge on any atom is -0.347 e. The predicted molar refractivity (Wildman–Crippen MR) is 63.5 cm³/mol. The highest BCUT2D eigenvalue weighted by atomic mass is 32.1. The van der Waals surface area contributed by atoms with E-state index in [4.69, 9.17) is 5.73 Å². The third-order valence-corrected chi connectivity index (χ3v) is 4.07. The van der Waals surface area contributed by atoms with E-state index in [2.05, 4.69) is 9.36 Å². The van der Waals surface area contributed by atoms with E-state index in [9.17, 15) is 13.2 Å². The summed E-state index contributed by atoms with van der Waals surface area (Å²) in [6.45, 7) is 0. The number of aromatic nitrogens is 2. The molecule has 0 saturated heterocycles. The van der Waals surface area contributed by atoms with Crippen LogP contribution in [0.4, 0.5) is 18.3 Å². The molecule has 8 heteroatoms. The van der Waals surface area contributed by atoms with Gasteiger partial charge in [0.1, 0.15) is 0 Å². The van der Waals surface area contributed by atoms with Crippen LogP contribution in [0.25, 0.3) is 0 Å². The lowest BCUT2D eigenvalue weighted by atomic mass is 9.91. The van der Waals surface area contributed by atoms with Crippen molar-refractivity contribution >= 4 is 16.7 Å². The molecule has 0 bridgehead atoms. The van der Waals surface area contributed by atoms with Crippen molar-refractivity contribution in [1.82, 2.24) is 9.36 Å². The Morgan fingerprint density at radius 3 is 2.39 bits per heavy atom. The van der Waals surface area contributed by atoms with E-state index in [1.54, 1.807) is 11.9 Å². The Morgan fingerprint density at radius 2 is 1.89 bits per heavy atom. The van der Waals surface area contributed by atoms with Crippen molar-refractivity contribution in [3.63, 3.8) is 0 Å². The number of anilines is 1. The summed E-state index contributed by atoms with van der Waals surface area (Å²) >= 11 is 0.793. The second kappa shape index (κ2) is 5.00. The van der Waals surface area contributed by atoms with Gasteiger partial charge in [0, 0.05) is 30.7 Å². The first kappa shape index (κ1) is 13.5. The zero-order valence-electron chi connectivity index (χ0n) is 9.94. The highest BCUT2D eigenvalue weighted by Gasteiger charge is 2.37. The summed E-state index contributed by atoms with van der Waals surface area (Å²) in [6, 6.07) is 0.425. The van der Waals surface area contributed by atoms with E-state index in [1.165, 1.54) is 0 Å². The van der Waals surface area contributed by atoms with Crippen molar-refractivity contribution in [2.24, 2.45) is 5.73 Å². The number of hydrogen-bond donors (Lipinski definition) is 1. The van der Waals surface area contributed by atoms with Crippen LogP contribution in [0, 0.1) is 0 Å². The number of hydrogen-bond acceptors (Lipinski definition) is 5. The molecule has 4 nitrogen and oxygen atoms in total. The fourth-order valence-corrected chi connectivity index (χ4v) is 2.84. The summed E-state index contributed by atoms with van der Waals surface area (Å²) < 4.78 is 40.6. The van der Waals surface area contributed by atoms with E-state index in [0.29, 0.717) is 5.13 Å². The molecule has 1 aromatic rings. The summed E-state index contributed by atoms with van der Waals surface area (Å²) in [5.41, 5.74) is 5.80. The lowest BCUT2D eigenvalue weighted by Gasteiger charge is -2.32. The number of nitrogens with two attached hydrogens (primary N) is 1. The molecule has 0 aromatic carbocycles. The second-order valence-corrected chi connectivity index (χ2v) is 5.31. The SMILES string of the molecule is CN(c1nc(C(F)(F)F)ns1)C1CCC(N)CC1. The maximum Gasteiger partial charge on any atom is 0.452 e. The van der Waals surface area contributed by atoms with Crippen molar-refractivity contribution in [3.05, 3.63) is 5.82 Å². The largest absolute Gasteiger partial charge is 0.452 e. The molecule has 0 atom stereocenters. The van der Waals surface area contributed by atoms with Gasteiger partial charge in [0.15, 0.2) is 0 Å². The molecule has 0 unspecified atom stereocenters. The van der Waals surface area contributed by atoms with Crippen LogP contribution in [-0.2, 0) is 6.18 Å². The molecule has 1 fully saturated rings. The standard InChI is InChI=1S/C10H15F3N4S/c1-17(7-4-2-6(14)3-5-7)9-15-8(16-18-9)10(11,12)13/h6-7H,2-5,14H2,1H3. The number of alkyl halides is 3. The third kappa shape index (κ3) is 2.92. The second-order valence-electron chi connectivity index (χ2n) is 4.58. The van der Waals surface area contributed by atoms with Crippen LogP contribution >= 0.6 is 11.5 Å². The molecule has 0 radical (unpaired) electrons. The number of halogens is 3. The van der Waals surface area contributed by atoms with Gasteiger partial charge in [0.25, 0.3) is 0 Å². The summed E-state index contributed by atoms with van der Waals surface area (Å²) in [7, 11) is 1.77. The molecule has 1 heterocycles. The first-order valence-electron chi connectivity index (χ1n) is 5.77. The Balaban J connectivity index is 2.05. The molecule has 2 N–H and O–H groups in total. The van der Waals surface area contributed by atoms with Crippen molar-refractivity contribution in [1.29, 1.82) is 0 Å². The van der Waals surface area contributed by atoms with Crippen molar-refractivity contribution < 1.29 is 13.2 Å². The van der Waals surface area contributed by atoms with Crippen LogP contribution in [0.1, 0.15) is 31.5 Å². The molecule has 0 amide bonds. The summed E-state index contributed by atoms with van der Waals surface area (Å²) in [5, 5.41) is 0.322. The normalized spacial score (nSPS) is 25.2. The van der Waals surface area contributed by atoms with Gasteiger partial charge in [-0.3, -0.25) is 0 Å². The molecule has 102 valence electrons. The van der Waals surface area contributed by atoms with Gasteiger partial charge >= 0.3 is 6.18 Å². The smallest absolute Gasteiger partial charge is 0.347 e. The molecule has 18 heavy (non-hydrogen) atoms. The molecule has 1 saturated carbocycles. The first-order chi connectivity index (χ1) is 8.38. The quantitative estimate of drug-likeness (QED) is 0.903. The molecule has 2 rings (SSSR count). The highest BCUT2D eigenvalue weighted by molar-refractivity contribution is 7.09. The van der Waals surface area contributed by atoms with Crippen LogP contribution in [0.15, 0.2) is 0 Å². The number of rotatable bonds is 2. The Hall–Kier alpha value is -0.890. The Morgan fingerprint density at radius 1 is 1.28 bits per heavy atom. The van der Waals surface area contributed by atoms with E-state index in [0.717, 1.165) is 37.2 Å². The molecule has 1 aromatic heterocycles. The fraction of sp³-hybridized carbons (Fsp3) is 0.800. The molecule has 0 aliphatic heterocycles. The minimum atomic E-state index is -4.47. The zero-order valence-corrected chi connectivity index (χ0v) is 10.8. The van der Waals surface area contributed by atoms with Crippen LogP contribution in [0.5, 0.6) is 0 Å². The molecular weight excluding hydrogens is 265 g/mol. The average molecular weight is 280 g/mol. The van der Waals surface area contributed by atoms with E-state index in [1.807, 2.05) is 0 Å². The van der Waals surface area contributed by atoms with Crippen LogP contribution in [0.3, 0.4) is 0 Å². The van der Waals surface area contributed by atoms with Gasteiger partial charge in [0.2, 0.25) is 11.0 Å². The summed E-state index contributed by atoms with van der Waals surface area (Å²) in [4.78, 5) is 5.34. The van der Waals surface area contributed by atoms with Crippen LogP contribution in [0.2, 0.25) is 0 Å². The van der Waals surface area contributed by atoms with E-state index < -0.39 is 12.0 Å². The lowest BCUT2D eigenvalue weighted by molar-refractivity contribution is -0.144. The summed E-state index contributed by atoms with van der Waals surface area (Å²) in [5.74, 6) is -1.05. The van der Waals surface area contributed by atoms with Crippen molar-refractivity contribution in [3.8, 4) is 0 Å². The monoisotopic (exact) mass is 280 g/mol. The van der Waals surface area contributed by atoms with Gasteiger partial charge in [-0.2, -0.15) is 22.5 Å². The van der Waals surface area contributed by atoms with Crippen molar-refractivity contribution in [2.75, 3.05) is 11.9 Å². The Labute approximate surface area is 107 Å². The molecule has 1 aliphatic carbocycles. The van der Waals surface area contributed by atoms with Gasteiger partial charge in [-0.05, 0) is 25.7 Å². The Bertz CT molecular complexity index is 398.